The van der Waals surface area contributed by atoms with Gasteiger partial charge in [0.05, 0.1) is 32.7 Å². The number of esters is 2. The van der Waals surface area contributed by atoms with E-state index in [1.807, 2.05) is 0 Å². The Morgan fingerprint density at radius 1 is 1.37 bits per heavy atom. The standard InChI is InChI=1S/C13H22O5S/c1-3-18-11(15)6-10(14)8-19-9-13(4-5-13)7-12(16)17-2/h10,14H,3-9H2,1-2H3. The molecule has 1 saturated carbocycles. The minimum absolute atomic E-state index is 0.0326. The first kappa shape index (κ1) is 16.3. The van der Waals surface area contributed by atoms with E-state index in [2.05, 4.69) is 4.74 Å². The van der Waals surface area contributed by atoms with Gasteiger partial charge in [-0.25, -0.2) is 0 Å². The molecule has 6 heteroatoms. The van der Waals surface area contributed by atoms with Crippen molar-refractivity contribution in [3.8, 4) is 0 Å². The van der Waals surface area contributed by atoms with E-state index in [9.17, 15) is 14.7 Å². The summed E-state index contributed by atoms with van der Waals surface area (Å²) in [4.78, 5) is 22.4. The number of hydrogen-bond acceptors (Lipinski definition) is 6. The zero-order valence-electron chi connectivity index (χ0n) is 11.5. The van der Waals surface area contributed by atoms with Crippen molar-refractivity contribution in [2.45, 2.75) is 38.7 Å². The molecule has 5 nitrogen and oxygen atoms in total. The second-order valence-electron chi connectivity index (χ2n) is 4.93. The largest absolute Gasteiger partial charge is 0.469 e. The van der Waals surface area contributed by atoms with Gasteiger partial charge in [-0.05, 0) is 30.9 Å². The first-order valence-electron chi connectivity index (χ1n) is 6.49. The van der Waals surface area contributed by atoms with Crippen molar-refractivity contribution in [3.05, 3.63) is 0 Å². The first-order valence-corrected chi connectivity index (χ1v) is 7.65. The Morgan fingerprint density at radius 2 is 2.05 bits per heavy atom. The summed E-state index contributed by atoms with van der Waals surface area (Å²) in [5.74, 6) is 0.764. The van der Waals surface area contributed by atoms with Gasteiger partial charge in [0.15, 0.2) is 0 Å². The number of ether oxygens (including phenoxy) is 2. The van der Waals surface area contributed by atoms with Crippen LogP contribution in [0.25, 0.3) is 0 Å². The molecule has 110 valence electrons. The van der Waals surface area contributed by atoms with Crippen LogP contribution in [0.4, 0.5) is 0 Å². The third kappa shape index (κ3) is 6.29. The van der Waals surface area contributed by atoms with E-state index in [1.54, 1.807) is 18.7 Å². The van der Waals surface area contributed by atoms with E-state index in [1.165, 1.54) is 7.11 Å². The highest BCUT2D eigenvalue weighted by atomic mass is 32.2. The summed E-state index contributed by atoms with van der Waals surface area (Å²) in [6.07, 6.45) is 1.86. The number of carbonyl (C=O) groups is 2. The maximum Gasteiger partial charge on any atom is 0.308 e. The molecular weight excluding hydrogens is 268 g/mol. The number of aliphatic hydroxyl groups excluding tert-OH is 1. The van der Waals surface area contributed by atoms with E-state index in [0.717, 1.165) is 18.6 Å². The minimum atomic E-state index is -0.682. The molecule has 1 atom stereocenters. The van der Waals surface area contributed by atoms with Gasteiger partial charge in [-0.2, -0.15) is 11.8 Å². The molecule has 0 heterocycles. The van der Waals surface area contributed by atoms with Gasteiger partial charge in [-0.15, -0.1) is 0 Å². The van der Waals surface area contributed by atoms with Crippen LogP contribution in [0.5, 0.6) is 0 Å². The predicted octanol–water partition coefficient (Wildman–Crippen LogP) is 1.38. The van der Waals surface area contributed by atoms with Crippen LogP contribution in [-0.2, 0) is 19.1 Å². The summed E-state index contributed by atoms with van der Waals surface area (Å²) in [6, 6.07) is 0. The maximum atomic E-state index is 11.2. The van der Waals surface area contributed by atoms with Crippen molar-refractivity contribution in [1.29, 1.82) is 0 Å². The number of rotatable bonds is 9. The molecule has 1 aliphatic rings. The monoisotopic (exact) mass is 290 g/mol. The van der Waals surface area contributed by atoms with Crippen LogP contribution in [0.2, 0.25) is 0 Å². The van der Waals surface area contributed by atoms with Gasteiger partial charge in [0.25, 0.3) is 0 Å². The molecule has 1 rings (SSSR count). The van der Waals surface area contributed by atoms with Crippen LogP contribution in [0, 0.1) is 5.41 Å². The van der Waals surface area contributed by atoms with Crippen molar-refractivity contribution in [2.24, 2.45) is 5.41 Å². The fraction of sp³-hybridized carbons (Fsp3) is 0.846. The lowest BCUT2D eigenvalue weighted by molar-refractivity contribution is -0.145. The first-order chi connectivity index (χ1) is 9.01. The van der Waals surface area contributed by atoms with Gasteiger partial charge in [-0.3, -0.25) is 9.59 Å². The second-order valence-corrected chi connectivity index (χ2v) is 5.96. The van der Waals surface area contributed by atoms with E-state index < -0.39 is 6.10 Å². The molecular formula is C13H22O5S. The SMILES string of the molecule is CCOC(=O)CC(O)CSCC1(CC(=O)OC)CC1. The third-order valence-electron chi connectivity index (χ3n) is 3.13. The molecule has 1 unspecified atom stereocenters. The average molecular weight is 290 g/mol. The van der Waals surface area contributed by atoms with Crippen molar-refractivity contribution >= 4 is 23.7 Å². The molecule has 1 fully saturated rings. The van der Waals surface area contributed by atoms with Crippen LogP contribution in [0.3, 0.4) is 0 Å². The highest BCUT2D eigenvalue weighted by Crippen LogP contribution is 2.51. The lowest BCUT2D eigenvalue weighted by Crippen LogP contribution is -2.19. The molecule has 1 N–H and O–H groups in total. The summed E-state index contributed by atoms with van der Waals surface area (Å²) < 4.78 is 9.44. The molecule has 0 radical (unpaired) electrons. The molecule has 0 bridgehead atoms. The van der Waals surface area contributed by atoms with Gasteiger partial charge < -0.3 is 14.6 Å². The Kier molecular flexibility index (Phi) is 6.65. The van der Waals surface area contributed by atoms with E-state index in [4.69, 9.17) is 4.74 Å². The number of methoxy groups -OCH3 is 1. The Balaban J connectivity index is 2.16. The Morgan fingerprint density at radius 3 is 2.58 bits per heavy atom. The summed E-state index contributed by atoms with van der Waals surface area (Å²) >= 11 is 1.58. The van der Waals surface area contributed by atoms with Gasteiger partial charge >= 0.3 is 11.9 Å². The van der Waals surface area contributed by atoms with Crippen LogP contribution in [-0.4, -0.2) is 48.4 Å². The topological polar surface area (TPSA) is 72.8 Å². The van der Waals surface area contributed by atoms with Gasteiger partial charge in [0.1, 0.15) is 0 Å². The number of carbonyl (C=O) groups excluding carboxylic acids is 2. The molecule has 1 aliphatic carbocycles. The summed E-state index contributed by atoms with van der Waals surface area (Å²) in [5.41, 5.74) is 0.0570. The molecule has 0 aromatic carbocycles. The average Bonchev–Trinajstić information content (AvgIpc) is 3.09. The summed E-state index contributed by atoms with van der Waals surface area (Å²) in [7, 11) is 1.40. The van der Waals surface area contributed by atoms with Gasteiger partial charge in [0, 0.05) is 5.75 Å². The molecule has 19 heavy (non-hydrogen) atoms. The van der Waals surface area contributed by atoms with Gasteiger partial charge in [-0.1, -0.05) is 0 Å². The number of hydrogen-bond donors (Lipinski definition) is 1. The molecule has 0 spiro atoms. The van der Waals surface area contributed by atoms with Crippen LogP contribution >= 0.6 is 11.8 Å². The van der Waals surface area contributed by atoms with E-state index in [-0.39, 0.29) is 23.8 Å². The molecule has 0 aliphatic heterocycles. The van der Waals surface area contributed by atoms with E-state index >= 15 is 0 Å². The zero-order valence-corrected chi connectivity index (χ0v) is 12.3. The highest BCUT2D eigenvalue weighted by Gasteiger charge is 2.44. The number of thioether (sulfide) groups is 1. The van der Waals surface area contributed by atoms with Gasteiger partial charge in [0.2, 0.25) is 0 Å². The summed E-state index contributed by atoms with van der Waals surface area (Å²) in [6.45, 7) is 2.07. The van der Waals surface area contributed by atoms with Crippen molar-refractivity contribution in [2.75, 3.05) is 25.2 Å². The molecule has 0 amide bonds. The predicted molar refractivity (Wildman–Crippen MR) is 72.9 cm³/mol. The lowest BCUT2D eigenvalue weighted by atomic mass is 10.1. The Labute approximate surface area is 118 Å². The maximum absolute atomic E-state index is 11.2. The number of aliphatic hydroxyl groups is 1. The Bertz CT molecular complexity index is 314. The van der Waals surface area contributed by atoms with Crippen molar-refractivity contribution in [1.82, 2.24) is 0 Å². The second kappa shape index (κ2) is 7.75. The Hall–Kier alpha value is -0.750. The zero-order chi connectivity index (χ0) is 14.3. The molecule has 0 aromatic rings. The lowest BCUT2D eigenvalue weighted by Gasteiger charge is -2.14. The van der Waals surface area contributed by atoms with Crippen molar-refractivity contribution < 1.29 is 24.2 Å². The fourth-order valence-corrected chi connectivity index (χ4v) is 3.14. The van der Waals surface area contributed by atoms with Crippen LogP contribution < -0.4 is 0 Å². The normalized spacial score (nSPS) is 17.6. The fourth-order valence-electron chi connectivity index (χ4n) is 1.81. The van der Waals surface area contributed by atoms with E-state index in [0.29, 0.717) is 18.8 Å². The summed E-state index contributed by atoms with van der Waals surface area (Å²) in [5, 5.41) is 9.68. The highest BCUT2D eigenvalue weighted by molar-refractivity contribution is 7.99. The minimum Gasteiger partial charge on any atom is -0.469 e. The quantitative estimate of drug-likeness (QED) is 0.647. The van der Waals surface area contributed by atoms with Crippen LogP contribution in [0.15, 0.2) is 0 Å². The third-order valence-corrected chi connectivity index (χ3v) is 4.57. The van der Waals surface area contributed by atoms with Crippen LogP contribution in [0.1, 0.15) is 32.6 Å². The molecule has 0 saturated heterocycles. The molecule has 0 aromatic heterocycles. The smallest absolute Gasteiger partial charge is 0.308 e. The van der Waals surface area contributed by atoms with Crippen molar-refractivity contribution in [3.63, 3.8) is 0 Å².